The highest BCUT2D eigenvalue weighted by atomic mass is 32.2. The van der Waals surface area contributed by atoms with E-state index in [1.54, 1.807) is 0 Å². The van der Waals surface area contributed by atoms with E-state index in [4.69, 9.17) is 4.74 Å². The molecule has 0 amide bonds. The molecular weight excluding hydrogens is 258 g/mol. The van der Waals surface area contributed by atoms with E-state index in [9.17, 15) is 5.11 Å². The molecule has 0 saturated carbocycles. The van der Waals surface area contributed by atoms with Crippen molar-refractivity contribution in [2.24, 2.45) is 0 Å². The average molecular weight is 279 g/mol. The van der Waals surface area contributed by atoms with E-state index in [1.807, 2.05) is 11.8 Å². The summed E-state index contributed by atoms with van der Waals surface area (Å²) in [6.07, 6.45) is 3.57. The van der Waals surface area contributed by atoms with Crippen molar-refractivity contribution in [3.8, 4) is 0 Å². The lowest BCUT2D eigenvalue weighted by Crippen LogP contribution is -2.50. The Morgan fingerprint density at radius 2 is 2.32 bits per heavy atom. The van der Waals surface area contributed by atoms with Crippen molar-refractivity contribution in [1.29, 1.82) is 0 Å². The second-order valence-corrected chi connectivity index (χ2v) is 6.49. The van der Waals surface area contributed by atoms with Gasteiger partial charge >= 0.3 is 0 Å². The molecule has 2 atom stereocenters. The van der Waals surface area contributed by atoms with Gasteiger partial charge in [-0.25, -0.2) is 0 Å². The molecule has 0 aromatic heterocycles. The molecule has 3 nitrogen and oxygen atoms in total. The Kier molecular flexibility index (Phi) is 4.12. The normalized spacial score (nSPS) is 30.3. The van der Waals surface area contributed by atoms with E-state index >= 15 is 0 Å². The van der Waals surface area contributed by atoms with Crippen molar-refractivity contribution in [3.63, 3.8) is 0 Å². The number of aliphatic hydroxyl groups is 1. The Labute approximate surface area is 118 Å². The van der Waals surface area contributed by atoms with Gasteiger partial charge in [0.1, 0.15) is 0 Å². The van der Waals surface area contributed by atoms with Gasteiger partial charge in [-0.1, -0.05) is 18.2 Å². The summed E-state index contributed by atoms with van der Waals surface area (Å²) in [6.45, 7) is 1.86. The van der Waals surface area contributed by atoms with Gasteiger partial charge in [-0.15, -0.1) is 11.8 Å². The molecule has 1 saturated heterocycles. The van der Waals surface area contributed by atoms with E-state index in [0.717, 1.165) is 38.2 Å². The number of benzene rings is 1. The van der Waals surface area contributed by atoms with Gasteiger partial charge in [0.2, 0.25) is 0 Å². The molecule has 2 unspecified atom stereocenters. The highest BCUT2D eigenvalue weighted by Gasteiger charge is 2.36. The lowest BCUT2D eigenvalue weighted by molar-refractivity contribution is 0.0848. The van der Waals surface area contributed by atoms with Crippen LogP contribution in [0.4, 0.5) is 0 Å². The summed E-state index contributed by atoms with van der Waals surface area (Å²) in [7, 11) is 0. The monoisotopic (exact) mass is 279 g/mol. The number of hydrogen-bond donors (Lipinski definition) is 2. The fourth-order valence-corrected chi connectivity index (χ4v) is 4.24. The fourth-order valence-electron chi connectivity index (χ4n) is 2.98. The minimum Gasteiger partial charge on any atom is -0.394 e. The van der Waals surface area contributed by atoms with Crippen LogP contribution in [0.5, 0.6) is 0 Å². The first-order valence-corrected chi connectivity index (χ1v) is 8.02. The van der Waals surface area contributed by atoms with Crippen LogP contribution in [0.25, 0.3) is 0 Å². The summed E-state index contributed by atoms with van der Waals surface area (Å²) >= 11 is 1.88. The van der Waals surface area contributed by atoms with Gasteiger partial charge in [0, 0.05) is 23.8 Å². The minimum absolute atomic E-state index is 0.150. The highest BCUT2D eigenvalue weighted by Crippen LogP contribution is 2.40. The summed E-state index contributed by atoms with van der Waals surface area (Å²) in [5.74, 6) is 1.05. The van der Waals surface area contributed by atoms with Crippen LogP contribution in [-0.2, 0) is 10.3 Å². The maximum absolute atomic E-state index is 9.95. The standard InChI is InChI=1S/C15H21NO2S/c17-11-15(16-10-12-4-3-8-18-12)7-9-19-14-6-2-1-5-13(14)15/h1-2,5-6,12,16-17H,3-4,7-11H2. The third-order valence-corrected chi connectivity index (χ3v) is 5.23. The molecule has 2 aliphatic heterocycles. The lowest BCUT2D eigenvalue weighted by Gasteiger charge is -2.39. The SMILES string of the molecule is OCC1(NCC2CCCO2)CCSc2ccccc21. The maximum atomic E-state index is 9.95. The van der Waals surface area contributed by atoms with Crippen molar-refractivity contribution in [2.75, 3.05) is 25.5 Å². The Hall–Kier alpha value is -0.550. The van der Waals surface area contributed by atoms with Crippen LogP contribution in [0.2, 0.25) is 0 Å². The van der Waals surface area contributed by atoms with E-state index < -0.39 is 0 Å². The van der Waals surface area contributed by atoms with Crippen molar-refractivity contribution in [3.05, 3.63) is 29.8 Å². The minimum atomic E-state index is -0.284. The molecule has 2 aliphatic rings. The Morgan fingerprint density at radius 1 is 1.42 bits per heavy atom. The van der Waals surface area contributed by atoms with Gasteiger partial charge in [-0.2, -0.15) is 0 Å². The van der Waals surface area contributed by atoms with Crippen molar-refractivity contribution in [1.82, 2.24) is 5.32 Å². The maximum Gasteiger partial charge on any atom is 0.0700 e. The summed E-state index contributed by atoms with van der Waals surface area (Å²) in [5.41, 5.74) is 0.958. The average Bonchev–Trinajstić information content (AvgIpc) is 2.98. The van der Waals surface area contributed by atoms with E-state index in [1.165, 1.54) is 10.5 Å². The van der Waals surface area contributed by atoms with Gasteiger partial charge in [0.05, 0.1) is 18.2 Å². The number of hydrogen-bond acceptors (Lipinski definition) is 4. The van der Waals surface area contributed by atoms with E-state index in [2.05, 4.69) is 29.6 Å². The molecule has 0 bridgehead atoms. The Balaban J connectivity index is 1.78. The number of aliphatic hydroxyl groups excluding tert-OH is 1. The third kappa shape index (κ3) is 2.68. The molecule has 0 radical (unpaired) electrons. The van der Waals surface area contributed by atoms with Crippen molar-refractivity contribution >= 4 is 11.8 Å². The number of nitrogens with one attached hydrogen (secondary N) is 1. The molecule has 104 valence electrons. The first-order chi connectivity index (χ1) is 9.34. The molecule has 2 N–H and O–H groups in total. The van der Waals surface area contributed by atoms with Gasteiger partial charge in [-0.3, -0.25) is 0 Å². The molecule has 1 aromatic rings. The largest absolute Gasteiger partial charge is 0.394 e. The zero-order valence-electron chi connectivity index (χ0n) is 11.1. The number of rotatable bonds is 4. The molecular formula is C15H21NO2S. The van der Waals surface area contributed by atoms with Crippen LogP contribution >= 0.6 is 11.8 Å². The van der Waals surface area contributed by atoms with Gasteiger partial charge in [0.15, 0.2) is 0 Å². The quantitative estimate of drug-likeness (QED) is 0.886. The molecule has 2 heterocycles. The van der Waals surface area contributed by atoms with Gasteiger partial charge in [0.25, 0.3) is 0 Å². The number of fused-ring (bicyclic) bond motifs is 1. The van der Waals surface area contributed by atoms with Crippen LogP contribution in [0.1, 0.15) is 24.8 Å². The summed E-state index contributed by atoms with van der Waals surface area (Å²) < 4.78 is 5.67. The second kappa shape index (κ2) is 5.83. The molecule has 0 aliphatic carbocycles. The molecule has 0 spiro atoms. The highest BCUT2D eigenvalue weighted by molar-refractivity contribution is 7.99. The fraction of sp³-hybridized carbons (Fsp3) is 0.600. The zero-order chi connectivity index (χ0) is 13.1. The van der Waals surface area contributed by atoms with Crippen LogP contribution in [0.3, 0.4) is 0 Å². The molecule has 3 rings (SSSR count). The third-order valence-electron chi connectivity index (χ3n) is 4.15. The van der Waals surface area contributed by atoms with Gasteiger partial charge < -0.3 is 15.2 Å². The molecule has 1 fully saturated rings. The van der Waals surface area contributed by atoms with Crippen molar-refractivity contribution in [2.45, 2.75) is 35.8 Å². The summed E-state index contributed by atoms with van der Waals surface area (Å²) in [4.78, 5) is 1.29. The summed E-state index contributed by atoms with van der Waals surface area (Å²) in [5, 5.41) is 13.5. The van der Waals surface area contributed by atoms with Crippen molar-refractivity contribution < 1.29 is 9.84 Å². The smallest absolute Gasteiger partial charge is 0.0700 e. The Morgan fingerprint density at radius 3 is 3.11 bits per heavy atom. The molecule has 19 heavy (non-hydrogen) atoms. The predicted octanol–water partition coefficient (Wildman–Crippen LogP) is 2.14. The predicted molar refractivity (Wildman–Crippen MR) is 77.5 cm³/mol. The van der Waals surface area contributed by atoms with Gasteiger partial charge in [-0.05, 0) is 30.9 Å². The Bertz CT molecular complexity index is 434. The molecule has 1 aromatic carbocycles. The number of ether oxygens (including phenoxy) is 1. The number of thioether (sulfide) groups is 1. The molecule has 4 heteroatoms. The topological polar surface area (TPSA) is 41.5 Å². The van der Waals surface area contributed by atoms with Crippen LogP contribution in [0, 0.1) is 0 Å². The first kappa shape index (κ1) is 13.4. The lowest BCUT2D eigenvalue weighted by atomic mass is 9.87. The van der Waals surface area contributed by atoms with Crippen LogP contribution < -0.4 is 5.32 Å². The first-order valence-electron chi connectivity index (χ1n) is 7.04. The summed E-state index contributed by atoms with van der Waals surface area (Å²) in [6, 6.07) is 8.42. The van der Waals surface area contributed by atoms with E-state index in [0.29, 0.717) is 6.10 Å². The van der Waals surface area contributed by atoms with E-state index in [-0.39, 0.29) is 12.1 Å². The van der Waals surface area contributed by atoms with Crippen LogP contribution in [-0.4, -0.2) is 36.7 Å². The van der Waals surface area contributed by atoms with Crippen LogP contribution in [0.15, 0.2) is 29.2 Å². The second-order valence-electron chi connectivity index (χ2n) is 5.35. The zero-order valence-corrected chi connectivity index (χ0v) is 11.9.